The molecule has 0 radical (unpaired) electrons. The van der Waals surface area contributed by atoms with Crippen LogP contribution in [0.3, 0.4) is 0 Å². The zero-order valence-corrected chi connectivity index (χ0v) is 21.4. The van der Waals surface area contributed by atoms with Crippen molar-refractivity contribution < 1.29 is 18.3 Å². The summed E-state index contributed by atoms with van der Waals surface area (Å²) < 4.78 is 30.5. The van der Waals surface area contributed by atoms with Crippen LogP contribution in [0.5, 0.6) is 0 Å². The average Bonchev–Trinajstić information content (AvgIpc) is 3.27. The number of para-hydroxylation sites is 1. The van der Waals surface area contributed by atoms with Gasteiger partial charge in [-0.15, -0.1) is 0 Å². The van der Waals surface area contributed by atoms with E-state index < -0.39 is 15.4 Å². The molecule has 10 heteroatoms. The Labute approximate surface area is 213 Å². The second kappa shape index (κ2) is 9.68. The molecule has 0 atom stereocenters. The third-order valence-corrected chi connectivity index (χ3v) is 9.10. The first-order valence-corrected chi connectivity index (χ1v) is 14.1. The minimum Gasteiger partial charge on any atom is -0.389 e. The van der Waals surface area contributed by atoms with E-state index in [0.717, 1.165) is 10.6 Å². The predicted molar refractivity (Wildman–Crippen MR) is 138 cm³/mol. The minimum atomic E-state index is -3.66. The summed E-state index contributed by atoms with van der Waals surface area (Å²) in [7, 11) is -3.66. The van der Waals surface area contributed by atoms with E-state index >= 15 is 0 Å². The van der Waals surface area contributed by atoms with E-state index in [2.05, 4.69) is 14.3 Å². The Morgan fingerprint density at radius 3 is 2.50 bits per heavy atom. The standard InChI is InChI=1S/C26H26N4O4S2/c1-18-15-21(35-29-18)16-26(32)9-13-30(14-10-26)25(31)20-7-5-19(6-8-20)17-36(33,34)23-4-2-3-22-24(23)28-12-11-27-22/h2-8,11-12,15,32H,9-10,13-14,16-17H2,1H3. The van der Waals surface area contributed by atoms with E-state index in [1.54, 1.807) is 41.3 Å². The van der Waals surface area contributed by atoms with Gasteiger partial charge in [0.25, 0.3) is 5.91 Å². The summed E-state index contributed by atoms with van der Waals surface area (Å²) in [5.74, 6) is -0.324. The van der Waals surface area contributed by atoms with E-state index in [4.69, 9.17) is 0 Å². The molecule has 0 aliphatic carbocycles. The van der Waals surface area contributed by atoms with Crippen molar-refractivity contribution in [2.24, 2.45) is 0 Å². The fourth-order valence-electron chi connectivity index (χ4n) is 4.57. The van der Waals surface area contributed by atoms with Crippen LogP contribution in [0.25, 0.3) is 11.0 Å². The topological polar surface area (TPSA) is 113 Å². The van der Waals surface area contributed by atoms with Gasteiger partial charge in [-0.3, -0.25) is 14.8 Å². The van der Waals surface area contributed by atoms with Gasteiger partial charge in [0.2, 0.25) is 0 Å². The number of aryl methyl sites for hydroxylation is 1. The van der Waals surface area contributed by atoms with Gasteiger partial charge in [-0.05, 0) is 67.2 Å². The molecule has 0 spiro atoms. The molecule has 1 N–H and O–H groups in total. The number of piperidine rings is 1. The molecule has 5 rings (SSSR count). The summed E-state index contributed by atoms with van der Waals surface area (Å²) in [6.45, 7) is 2.86. The Morgan fingerprint density at radius 1 is 1.08 bits per heavy atom. The van der Waals surface area contributed by atoms with Crippen LogP contribution >= 0.6 is 11.5 Å². The number of benzene rings is 2. The maximum Gasteiger partial charge on any atom is 0.253 e. The maximum atomic E-state index is 13.1. The van der Waals surface area contributed by atoms with Gasteiger partial charge in [0.1, 0.15) is 5.52 Å². The molecule has 2 aromatic carbocycles. The van der Waals surface area contributed by atoms with Crippen LogP contribution in [0.4, 0.5) is 0 Å². The highest BCUT2D eigenvalue weighted by Gasteiger charge is 2.34. The largest absolute Gasteiger partial charge is 0.389 e. The lowest BCUT2D eigenvalue weighted by Gasteiger charge is -2.38. The number of likely N-dealkylation sites (tertiary alicyclic amines) is 1. The summed E-state index contributed by atoms with van der Waals surface area (Å²) in [5, 5.41) is 11.0. The quantitative estimate of drug-likeness (QED) is 0.412. The van der Waals surface area contributed by atoms with Crippen molar-refractivity contribution in [1.29, 1.82) is 0 Å². The fourth-order valence-corrected chi connectivity index (χ4v) is 6.96. The highest BCUT2D eigenvalue weighted by molar-refractivity contribution is 7.90. The Balaban J connectivity index is 1.24. The minimum absolute atomic E-state index is 0.121. The van der Waals surface area contributed by atoms with E-state index in [1.807, 2.05) is 13.0 Å². The molecule has 2 aromatic heterocycles. The van der Waals surface area contributed by atoms with E-state index in [1.165, 1.54) is 30.0 Å². The van der Waals surface area contributed by atoms with Crippen LogP contribution < -0.4 is 0 Å². The highest BCUT2D eigenvalue weighted by Crippen LogP contribution is 2.29. The summed E-state index contributed by atoms with van der Waals surface area (Å²) >= 11 is 1.41. The molecule has 186 valence electrons. The molecule has 0 bridgehead atoms. The van der Waals surface area contributed by atoms with E-state index in [0.29, 0.717) is 54.5 Å². The van der Waals surface area contributed by atoms with Crippen LogP contribution in [-0.4, -0.2) is 57.4 Å². The second-order valence-electron chi connectivity index (χ2n) is 9.26. The van der Waals surface area contributed by atoms with Gasteiger partial charge in [0.15, 0.2) is 9.84 Å². The molecule has 0 unspecified atom stereocenters. The molecule has 4 aromatic rings. The van der Waals surface area contributed by atoms with Crippen LogP contribution in [0, 0.1) is 6.92 Å². The first-order valence-electron chi connectivity index (χ1n) is 11.7. The van der Waals surface area contributed by atoms with Crippen LogP contribution in [0.15, 0.2) is 65.8 Å². The van der Waals surface area contributed by atoms with Gasteiger partial charge in [-0.1, -0.05) is 18.2 Å². The summed E-state index contributed by atoms with van der Waals surface area (Å²) in [5.41, 5.74) is 2.07. The van der Waals surface area contributed by atoms with Gasteiger partial charge in [0, 0.05) is 42.3 Å². The molecular weight excluding hydrogens is 496 g/mol. The number of sulfone groups is 1. The van der Waals surface area contributed by atoms with Crippen molar-refractivity contribution in [2.45, 2.75) is 42.4 Å². The van der Waals surface area contributed by atoms with Crippen LogP contribution in [-0.2, 0) is 22.0 Å². The monoisotopic (exact) mass is 522 g/mol. The zero-order chi connectivity index (χ0) is 25.3. The van der Waals surface area contributed by atoms with Gasteiger partial charge >= 0.3 is 0 Å². The van der Waals surface area contributed by atoms with Crippen molar-refractivity contribution in [2.75, 3.05) is 13.1 Å². The van der Waals surface area contributed by atoms with Gasteiger partial charge in [-0.2, -0.15) is 4.37 Å². The van der Waals surface area contributed by atoms with E-state index in [9.17, 15) is 18.3 Å². The Bertz CT molecular complexity index is 1500. The molecule has 1 amide bonds. The van der Waals surface area contributed by atoms with Gasteiger partial charge in [-0.25, -0.2) is 8.42 Å². The van der Waals surface area contributed by atoms with Crippen molar-refractivity contribution in [3.05, 3.63) is 82.6 Å². The molecule has 0 saturated carbocycles. The molecule has 3 heterocycles. The number of fused-ring (bicyclic) bond motifs is 1. The van der Waals surface area contributed by atoms with E-state index in [-0.39, 0.29) is 16.6 Å². The Hall–Kier alpha value is -3.21. The lowest BCUT2D eigenvalue weighted by Crippen LogP contribution is -2.47. The third-order valence-electron chi connectivity index (χ3n) is 6.52. The predicted octanol–water partition coefficient (Wildman–Crippen LogP) is 3.58. The summed E-state index contributed by atoms with van der Waals surface area (Å²) in [6, 6.07) is 13.6. The summed E-state index contributed by atoms with van der Waals surface area (Å²) in [6.07, 6.45) is 4.55. The number of hydrogen-bond donors (Lipinski definition) is 1. The normalized spacial score (nSPS) is 15.8. The van der Waals surface area contributed by atoms with Crippen molar-refractivity contribution in [3.63, 3.8) is 0 Å². The zero-order valence-electron chi connectivity index (χ0n) is 19.8. The number of carbonyl (C=O) groups is 1. The van der Waals surface area contributed by atoms with Crippen molar-refractivity contribution in [1.82, 2.24) is 19.2 Å². The third kappa shape index (κ3) is 5.16. The molecule has 1 aliphatic heterocycles. The van der Waals surface area contributed by atoms with Gasteiger partial charge < -0.3 is 10.0 Å². The number of rotatable bonds is 6. The van der Waals surface area contributed by atoms with Crippen molar-refractivity contribution in [3.8, 4) is 0 Å². The fraction of sp³-hybridized carbons (Fsp3) is 0.308. The number of nitrogens with zero attached hydrogens (tertiary/aromatic N) is 4. The smallest absolute Gasteiger partial charge is 0.253 e. The lowest BCUT2D eigenvalue weighted by molar-refractivity contribution is -0.0157. The van der Waals surface area contributed by atoms with Gasteiger partial charge in [0.05, 0.1) is 27.5 Å². The molecule has 1 aliphatic rings. The second-order valence-corrected chi connectivity index (χ2v) is 12.1. The first kappa shape index (κ1) is 24.5. The Kier molecular flexibility index (Phi) is 6.59. The first-order chi connectivity index (χ1) is 17.2. The summed E-state index contributed by atoms with van der Waals surface area (Å²) in [4.78, 5) is 24.4. The maximum absolute atomic E-state index is 13.1. The number of aliphatic hydroxyl groups is 1. The molecule has 1 fully saturated rings. The molecule has 1 saturated heterocycles. The van der Waals surface area contributed by atoms with Crippen molar-refractivity contribution >= 4 is 38.3 Å². The molecule has 36 heavy (non-hydrogen) atoms. The average molecular weight is 523 g/mol. The molecular formula is C26H26N4O4S2. The number of carbonyl (C=O) groups excluding carboxylic acids is 1. The number of amides is 1. The Morgan fingerprint density at radius 2 is 1.81 bits per heavy atom. The molecule has 8 nitrogen and oxygen atoms in total. The van der Waals surface area contributed by atoms with Crippen LogP contribution in [0.2, 0.25) is 0 Å². The highest BCUT2D eigenvalue weighted by atomic mass is 32.2. The number of hydrogen-bond acceptors (Lipinski definition) is 8. The lowest BCUT2D eigenvalue weighted by atomic mass is 9.87. The number of aromatic nitrogens is 3. The van der Waals surface area contributed by atoms with Crippen LogP contribution in [0.1, 0.15) is 39.3 Å². The SMILES string of the molecule is Cc1cc(CC2(O)CCN(C(=O)c3ccc(CS(=O)(=O)c4cccc5nccnc45)cc3)CC2)sn1.